The molecule has 1 nitrogen and oxygen atoms in total. The normalized spacial score (nSPS) is 15.9. The predicted octanol–water partition coefficient (Wildman–Crippen LogP) is 5.19. The molecule has 20 heavy (non-hydrogen) atoms. The van der Waals surface area contributed by atoms with Gasteiger partial charge in [0.05, 0.1) is 0 Å². The first-order valence-corrected chi connectivity index (χ1v) is 8.66. The van der Waals surface area contributed by atoms with E-state index in [2.05, 4.69) is 37.4 Å². The third-order valence-corrected chi connectivity index (χ3v) is 4.60. The maximum atomic E-state index is 3.68. The first-order valence-electron chi connectivity index (χ1n) is 8.66. The van der Waals surface area contributed by atoms with Crippen molar-refractivity contribution < 1.29 is 0 Å². The Morgan fingerprint density at radius 1 is 1.00 bits per heavy atom. The summed E-state index contributed by atoms with van der Waals surface area (Å²) in [5, 5.41) is 3.68. The van der Waals surface area contributed by atoms with Crippen molar-refractivity contribution in [3.05, 3.63) is 34.9 Å². The number of fused-ring (bicyclic) bond motifs is 1. The minimum Gasteiger partial charge on any atom is -0.310 e. The van der Waals surface area contributed by atoms with E-state index in [0.29, 0.717) is 6.04 Å². The lowest BCUT2D eigenvalue weighted by molar-refractivity contribution is 0.530. The highest BCUT2D eigenvalue weighted by atomic mass is 14.9. The van der Waals surface area contributed by atoms with Gasteiger partial charge in [-0.15, -0.1) is 0 Å². The molecule has 0 aliphatic heterocycles. The SMILES string of the molecule is CCCCCCCNC(C)c1ccc2c(c1)CCCC2. The molecule has 1 aliphatic rings. The van der Waals surface area contributed by atoms with Gasteiger partial charge in [-0.1, -0.05) is 50.8 Å². The van der Waals surface area contributed by atoms with E-state index in [4.69, 9.17) is 0 Å². The molecule has 112 valence electrons. The van der Waals surface area contributed by atoms with Gasteiger partial charge >= 0.3 is 0 Å². The Kier molecular flexibility index (Phi) is 6.59. The summed E-state index contributed by atoms with van der Waals surface area (Å²) in [4.78, 5) is 0. The minimum absolute atomic E-state index is 0.494. The van der Waals surface area contributed by atoms with E-state index in [1.165, 1.54) is 63.4 Å². The number of aryl methyl sites for hydroxylation is 2. The lowest BCUT2D eigenvalue weighted by Gasteiger charge is -2.20. The van der Waals surface area contributed by atoms with Crippen LogP contribution in [0.4, 0.5) is 0 Å². The molecule has 0 fully saturated rings. The van der Waals surface area contributed by atoms with Gasteiger partial charge < -0.3 is 5.32 Å². The summed E-state index contributed by atoms with van der Waals surface area (Å²) in [6.07, 6.45) is 12.1. The highest BCUT2D eigenvalue weighted by molar-refractivity contribution is 5.35. The monoisotopic (exact) mass is 273 g/mol. The van der Waals surface area contributed by atoms with E-state index < -0.39 is 0 Å². The zero-order valence-electron chi connectivity index (χ0n) is 13.4. The summed E-state index contributed by atoms with van der Waals surface area (Å²) in [6, 6.07) is 7.64. The summed E-state index contributed by atoms with van der Waals surface area (Å²) < 4.78 is 0. The number of unbranched alkanes of at least 4 members (excludes halogenated alkanes) is 4. The van der Waals surface area contributed by atoms with Crippen molar-refractivity contribution in [1.82, 2.24) is 5.32 Å². The average Bonchev–Trinajstić information content (AvgIpc) is 2.50. The Morgan fingerprint density at radius 3 is 2.55 bits per heavy atom. The van der Waals surface area contributed by atoms with E-state index >= 15 is 0 Å². The van der Waals surface area contributed by atoms with Crippen LogP contribution in [0.3, 0.4) is 0 Å². The largest absolute Gasteiger partial charge is 0.310 e. The third kappa shape index (κ3) is 4.63. The maximum Gasteiger partial charge on any atom is 0.0291 e. The van der Waals surface area contributed by atoms with Crippen molar-refractivity contribution in [2.24, 2.45) is 0 Å². The Hall–Kier alpha value is -0.820. The highest BCUT2D eigenvalue weighted by Crippen LogP contribution is 2.24. The fraction of sp³-hybridized carbons (Fsp3) is 0.684. The van der Waals surface area contributed by atoms with Crippen LogP contribution in [0.25, 0.3) is 0 Å². The van der Waals surface area contributed by atoms with Crippen LogP contribution in [0.15, 0.2) is 18.2 Å². The van der Waals surface area contributed by atoms with Gasteiger partial charge in [0.2, 0.25) is 0 Å². The standard InChI is InChI=1S/C19H31N/c1-3-4-5-6-9-14-20-16(2)18-13-12-17-10-7-8-11-19(17)15-18/h12-13,15-16,20H,3-11,14H2,1-2H3. The molecule has 1 atom stereocenters. The fourth-order valence-corrected chi connectivity index (χ4v) is 3.19. The summed E-state index contributed by atoms with van der Waals surface area (Å²) in [5.74, 6) is 0. The van der Waals surface area contributed by atoms with Crippen LogP contribution in [0, 0.1) is 0 Å². The molecule has 1 N–H and O–H groups in total. The Balaban J connectivity index is 1.76. The molecule has 1 aromatic rings. The van der Waals surface area contributed by atoms with Gasteiger partial charge in [0, 0.05) is 6.04 Å². The zero-order valence-corrected chi connectivity index (χ0v) is 13.4. The lowest BCUT2D eigenvalue weighted by atomic mass is 9.89. The molecule has 0 saturated heterocycles. The topological polar surface area (TPSA) is 12.0 Å². The molecule has 0 spiro atoms. The molecular weight excluding hydrogens is 242 g/mol. The van der Waals surface area contributed by atoms with Crippen molar-refractivity contribution in [2.45, 2.75) is 77.7 Å². The maximum absolute atomic E-state index is 3.68. The summed E-state index contributed by atoms with van der Waals surface area (Å²) >= 11 is 0. The van der Waals surface area contributed by atoms with Gasteiger partial charge in [-0.25, -0.2) is 0 Å². The fourth-order valence-electron chi connectivity index (χ4n) is 3.19. The first-order chi connectivity index (χ1) is 9.81. The predicted molar refractivity (Wildman–Crippen MR) is 88.3 cm³/mol. The van der Waals surface area contributed by atoms with Gasteiger partial charge in [0.25, 0.3) is 0 Å². The summed E-state index contributed by atoms with van der Waals surface area (Å²) in [5.41, 5.74) is 4.66. The van der Waals surface area contributed by atoms with Crippen molar-refractivity contribution in [3.63, 3.8) is 0 Å². The van der Waals surface area contributed by atoms with Crippen LogP contribution < -0.4 is 5.32 Å². The molecule has 0 saturated carbocycles. The summed E-state index contributed by atoms with van der Waals surface area (Å²) in [7, 11) is 0. The Labute approximate surface area is 125 Å². The third-order valence-electron chi connectivity index (χ3n) is 4.60. The number of nitrogens with one attached hydrogen (secondary N) is 1. The molecular formula is C19H31N. The molecule has 1 unspecified atom stereocenters. The molecule has 1 aromatic carbocycles. The van der Waals surface area contributed by atoms with Crippen LogP contribution >= 0.6 is 0 Å². The molecule has 1 aliphatic carbocycles. The number of hydrogen-bond acceptors (Lipinski definition) is 1. The molecule has 0 bridgehead atoms. The first kappa shape index (κ1) is 15.6. The Morgan fingerprint density at radius 2 is 1.75 bits per heavy atom. The van der Waals surface area contributed by atoms with Crippen LogP contribution in [0.2, 0.25) is 0 Å². The molecule has 0 amide bonds. The van der Waals surface area contributed by atoms with Crippen molar-refractivity contribution in [2.75, 3.05) is 6.54 Å². The smallest absolute Gasteiger partial charge is 0.0291 e. The second kappa shape index (κ2) is 8.46. The van der Waals surface area contributed by atoms with E-state index in [1.807, 2.05) is 0 Å². The van der Waals surface area contributed by atoms with Crippen LogP contribution in [0.5, 0.6) is 0 Å². The second-order valence-corrected chi connectivity index (χ2v) is 6.33. The van der Waals surface area contributed by atoms with Crippen LogP contribution in [-0.2, 0) is 12.8 Å². The van der Waals surface area contributed by atoms with E-state index in [1.54, 1.807) is 11.1 Å². The van der Waals surface area contributed by atoms with Gasteiger partial charge in [0.1, 0.15) is 0 Å². The van der Waals surface area contributed by atoms with E-state index in [0.717, 1.165) is 6.54 Å². The number of hydrogen-bond donors (Lipinski definition) is 1. The lowest BCUT2D eigenvalue weighted by Crippen LogP contribution is -2.20. The number of rotatable bonds is 8. The van der Waals surface area contributed by atoms with Gasteiger partial charge in [-0.3, -0.25) is 0 Å². The summed E-state index contributed by atoms with van der Waals surface area (Å²) in [6.45, 7) is 5.73. The van der Waals surface area contributed by atoms with Crippen molar-refractivity contribution in [1.29, 1.82) is 0 Å². The average molecular weight is 273 g/mol. The highest BCUT2D eigenvalue weighted by Gasteiger charge is 2.11. The minimum atomic E-state index is 0.494. The van der Waals surface area contributed by atoms with Crippen LogP contribution in [0.1, 0.15) is 81.5 Å². The molecule has 0 radical (unpaired) electrons. The molecule has 0 aromatic heterocycles. The molecule has 0 heterocycles. The van der Waals surface area contributed by atoms with E-state index in [9.17, 15) is 0 Å². The zero-order chi connectivity index (χ0) is 14.2. The second-order valence-electron chi connectivity index (χ2n) is 6.33. The Bertz CT molecular complexity index is 397. The number of benzene rings is 1. The van der Waals surface area contributed by atoms with Crippen molar-refractivity contribution >= 4 is 0 Å². The van der Waals surface area contributed by atoms with Gasteiger partial charge in [0.15, 0.2) is 0 Å². The van der Waals surface area contributed by atoms with Gasteiger partial charge in [-0.2, -0.15) is 0 Å². The van der Waals surface area contributed by atoms with Crippen LogP contribution in [-0.4, -0.2) is 6.54 Å². The van der Waals surface area contributed by atoms with Gasteiger partial charge in [-0.05, 0) is 62.3 Å². The molecule has 1 heteroatoms. The van der Waals surface area contributed by atoms with Crippen molar-refractivity contribution in [3.8, 4) is 0 Å². The quantitative estimate of drug-likeness (QED) is 0.643. The van der Waals surface area contributed by atoms with E-state index in [-0.39, 0.29) is 0 Å². The molecule has 2 rings (SSSR count).